The average Bonchev–Trinajstić information content (AvgIpc) is 3.27. The number of nitrogens with zero attached hydrogens (tertiary/aromatic N) is 5. The van der Waals surface area contributed by atoms with Crippen molar-refractivity contribution < 1.29 is 5.11 Å². The van der Waals surface area contributed by atoms with Gasteiger partial charge in [0.25, 0.3) is 0 Å². The highest BCUT2D eigenvalue weighted by atomic mass is 16.3. The molecule has 5 rings (SSSR count). The lowest BCUT2D eigenvalue weighted by Gasteiger charge is -2.17. The van der Waals surface area contributed by atoms with E-state index in [0.29, 0.717) is 6.54 Å². The van der Waals surface area contributed by atoms with Crippen molar-refractivity contribution in [2.45, 2.75) is 12.5 Å². The number of pyridine rings is 1. The highest BCUT2D eigenvalue weighted by Crippen LogP contribution is 2.30. The van der Waals surface area contributed by atoms with Crippen LogP contribution in [-0.4, -0.2) is 43.7 Å². The number of aliphatic hydroxyl groups excluding tert-OH is 1. The molecule has 0 radical (unpaired) electrons. The molecule has 1 aromatic carbocycles. The van der Waals surface area contributed by atoms with Crippen molar-refractivity contribution >= 4 is 22.4 Å². The monoisotopic (exact) mass is 331 g/mol. The van der Waals surface area contributed by atoms with Crippen molar-refractivity contribution in [1.82, 2.24) is 19.4 Å². The van der Waals surface area contributed by atoms with Crippen LogP contribution in [0.1, 0.15) is 6.42 Å². The van der Waals surface area contributed by atoms with Gasteiger partial charge in [0.05, 0.1) is 23.5 Å². The summed E-state index contributed by atoms with van der Waals surface area (Å²) in [6, 6.07) is 10.2. The number of hydrogen-bond acceptors (Lipinski definition) is 5. The Morgan fingerprint density at radius 1 is 1.04 bits per heavy atom. The second-order valence-corrected chi connectivity index (χ2v) is 6.35. The van der Waals surface area contributed by atoms with Gasteiger partial charge in [-0.15, -0.1) is 0 Å². The minimum Gasteiger partial charge on any atom is -0.391 e. The van der Waals surface area contributed by atoms with E-state index in [1.807, 2.05) is 30.6 Å². The number of imidazole rings is 1. The van der Waals surface area contributed by atoms with Gasteiger partial charge < -0.3 is 10.0 Å². The van der Waals surface area contributed by atoms with Gasteiger partial charge in [0.15, 0.2) is 11.5 Å². The molecule has 1 aliphatic heterocycles. The third-order valence-corrected chi connectivity index (χ3v) is 4.79. The molecule has 1 N–H and O–H groups in total. The maximum Gasteiger partial charge on any atom is 0.180 e. The molecule has 1 saturated heterocycles. The summed E-state index contributed by atoms with van der Waals surface area (Å²) in [6.45, 7) is 1.40. The summed E-state index contributed by atoms with van der Waals surface area (Å²) in [5.74, 6) is 0.823. The lowest BCUT2D eigenvalue weighted by molar-refractivity contribution is 0.198. The molecule has 0 saturated carbocycles. The number of hydrogen-bond donors (Lipinski definition) is 1. The molecule has 25 heavy (non-hydrogen) atoms. The Morgan fingerprint density at radius 3 is 2.88 bits per heavy atom. The highest BCUT2D eigenvalue weighted by Gasteiger charge is 2.24. The molecule has 1 fully saturated rings. The van der Waals surface area contributed by atoms with E-state index in [2.05, 4.69) is 36.4 Å². The fraction of sp³-hybridized carbons (Fsp3) is 0.211. The van der Waals surface area contributed by atoms with Crippen LogP contribution in [0.25, 0.3) is 27.8 Å². The van der Waals surface area contributed by atoms with Gasteiger partial charge >= 0.3 is 0 Å². The Bertz CT molecular complexity index is 1070. The summed E-state index contributed by atoms with van der Waals surface area (Å²) in [5.41, 5.74) is 3.88. The Labute approximate surface area is 144 Å². The Morgan fingerprint density at radius 2 is 2.00 bits per heavy atom. The molecule has 1 atom stereocenters. The van der Waals surface area contributed by atoms with Crippen LogP contribution in [0.3, 0.4) is 0 Å². The number of aliphatic hydroxyl groups is 1. The van der Waals surface area contributed by atoms with Crippen LogP contribution in [0.15, 0.2) is 55.1 Å². The topological polar surface area (TPSA) is 66.5 Å². The number of anilines is 1. The first-order valence-electron chi connectivity index (χ1n) is 8.40. The molecule has 1 unspecified atom stereocenters. The number of aromatic nitrogens is 4. The van der Waals surface area contributed by atoms with Gasteiger partial charge in [-0.2, -0.15) is 0 Å². The maximum absolute atomic E-state index is 9.83. The minimum absolute atomic E-state index is 0.291. The number of rotatable bonds is 2. The number of β-amino-alcohol motifs (C(OH)–C–C–N with tert-alkyl or cyclic N) is 1. The molecule has 0 aliphatic carbocycles. The Hall–Kier alpha value is -2.99. The number of fused-ring (bicyclic) bond motifs is 2. The zero-order chi connectivity index (χ0) is 16.8. The molecule has 124 valence electrons. The highest BCUT2D eigenvalue weighted by molar-refractivity contribution is 5.94. The standard InChI is InChI=1S/C19H17N5O/c25-13-6-9-23(12-13)18-19-22-11-17(24(19)10-8-21-18)15-3-1-5-16-14(15)4-2-7-20-16/h1-5,7-8,10-11,13,25H,6,9,12H2. The Balaban J connectivity index is 1.70. The lowest BCUT2D eigenvalue weighted by Crippen LogP contribution is -2.23. The molecule has 6 heteroatoms. The van der Waals surface area contributed by atoms with E-state index in [9.17, 15) is 5.11 Å². The van der Waals surface area contributed by atoms with Crippen LogP contribution in [-0.2, 0) is 0 Å². The summed E-state index contributed by atoms with van der Waals surface area (Å²) in [4.78, 5) is 15.7. The second-order valence-electron chi connectivity index (χ2n) is 6.35. The molecule has 0 amide bonds. The average molecular weight is 331 g/mol. The van der Waals surface area contributed by atoms with Gasteiger partial charge in [0.2, 0.25) is 0 Å². The molecule has 1 aliphatic rings. The van der Waals surface area contributed by atoms with Crippen molar-refractivity contribution in [3.05, 3.63) is 55.1 Å². The third kappa shape index (κ3) is 2.26. The van der Waals surface area contributed by atoms with Gasteiger partial charge in [-0.05, 0) is 18.6 Å². The lowest BCUT2D eigenvalue weighted by atomic mass is 10.1. The minimum atomic E-state index is -0.291. The van der Waals surface area contributed by atoms with Crippen molar-refractivity contribution in [1.29, 1.82) is 0 Å². The smallest absolute Gasteiger partial charge is 0.180 e. The molecule has 6 nitrogen and oxygen atoms in total. The van der Waals surface area contributed by atoms with E-state index < -0.39 is 0 Å². The van der Waals surface area contributed by atoms with Crippen LogP contribution in [0, 0.1) is 0 Å². The van der Waals surface area contributed by atoms with Crippen LogP contribution >= 0.6 is 0 Å². The summed E-state index contributed by atoms with van der Waals surface area (Å²) >= 11 is 0. The van der Waals surface area contributed by atoms with E-state index in [0.717, 1.165) is 46.6 Å². The molecule has 3 aromatic heterocycles. The first kappa shape index (κ1) is 14.4. The van der Waals surface area contributed by atoms with Crippen LogP contribution in [0.5, 0.6) is 0 Å². The summed E-state index contributed by atoms with van der Waals surface area (Å²) in [6.07, 6.45) is 7.90. The first-order valence-corrected chi connectivity index (χ1v) is 8.40. The third-order valence-electron chi connectivity index (χ3n) is 4.79. The predicted octanol–water partition coefficient (Wildman–Crippen LogP) is 2.52. The van der Waals surface area contributed by atoms with E-state index in [4.69, 9.17) is 0 Å². The summed E-state index contributed by atoms with van der Waals surface area (Å²) in [5, 5.41) is 10.9. The van der Waals surface area contributed by atoms with E-state index >= 15 is 0 Å². The Kier molecular flexibility index (Phi) is 3.18. The van der Waals surface area contributed by atoms with E-state index in [1.54, 1.807) is 12.4 Å². The molecule has 0 bridgehead atoms. The molecule has 4 aromatic rings. The summed E-state index contributed by atoms with van der Waals surface area (Å²) in [7, 11) is 0. The number of benzene rings is 1. The van der Waals surface area contributed by atoms with Gasteiger partial charge in [0, 0.05) is 42.6 Å². The van der Waals surface area contributed by atoms with Gasteiger partial charge in [-0.1, -0.05) is 18.2 Å². The van der Waals surface area contributed by atoms with Crippen molar-refractivity contribution in [3.8, 4) is 11.3 Å². The van der Waals surface area contributed by atoms with Gasteiger partial charge in [-0.25, -0.2) is 9.97 Å². The SMILES string of the molecule is OC1CCN(c2nccn3c(-c4cccc5ncccc45)cnc23)C1. The van der Waals surface area contributed by atoms with Crippen molar-refractivity contribution in [3.63, 3.8) is 0 Å². The fourth-order valence-corrected chi connectivity index (χ4v) is 3.59. The molecule has 0 spiro atoms. The van der Waals surface area contributed by atoms with Gasteiger partial charge in [0.1, 0.15) is 0 Å². The van der Waals surface area contributed by atoms with Crippen molar-refractivity contribution in [2.24, 2.45) is 0 Å². The van der Waals surface area contributed by atoms with Crippen molar-refractivity contribution in [2.75, 3.05) is 18.0 Å². The quantitative estimate of drug-likeness (QED) is 0.611. The predicted molar refractivity (Wildman–Crippen MR) is 96.6 cm³/mol. The first-order chi connectivity index (χ1) is 12.3. The van der Waals surface area contributed by atoms with Crippen LogP contribution in [0.4, 0.5) is 5.82 Å². The van der Waals surface area contributed by atoms with E-state index in [1.165, 1.54) is 0 Å². The molecular formula is C19H17N5O. The van der Waals surface area contributed by atoms with Gasteiger partial charge in [-0.3, -0.25) is 9.38 Å². The van der Waals surface area contributed by atoms with Crippen LogP contribution in [0.2, 0.25) is 0 Å². The second kappa shape index (κ2) is 5.53. The van der Waals surface area contributed by atoms with Crippen LogP contribution < -0.4 is 4.90 Å². The zero-order valence-corrected chi connectivity index (χ0v) is 13.6. The van der Waals surface area contributed by atoms with E-state index in [-0.39, 0.29) is 6.10 Å². The largest absolute Gasteiger partial charge is 0.391 e. The molecule has 4 heterocycles. The fourth-order valence-electron chi connectivity index (χ4n) is 3.59. The normalized spacial score (nSPS) is 17.6. The zero-order valence-electron chi connectivity index (χ0n) is 13.6. The summed E-state index contributed by atoms with van der Waals surface area (Å²) < 4.78 is 2.06. The maximum atomic E-state index is 9.83. The molecular weight excluding hydrogens is 314 g/mol.